The Labute approximate surface area is 162 Å². The summed E-state index contributed by atoms with van der Waals surface area (Å²) < 4.78 is 1.23. The molecule has 2 fully saturated rings. The van der Waals surface area contributed by atoms with Crippen LogP contribution in [0.25, 0.3) is 0 Å². The van der Waals surface area contributed by atoms with Gasteiger partial charge in [-0.15, -0.1) is 0 Å². The lowest BCUT2D eigenvalue weighted by atomic mass is 9.95. The summed E-state index contributed by atoms with van der Waals surface area (Å²) in [6.07, 6.45) is 1.03. The first-order chi connectivity index (χ1) is 12.1. The summed E-state index contributed by atoms with van der Waals surface area (Å²) in [6.45, 7) is 5.12. The van der Waals surface area contributed by atoms with E-state index in [1.54, 1.807) is 0 Å². The van der Waals surface area contributed by atoms with Gasteiger partial charge in [0.15, 0.2) is 0 Å². The van der Waals surface area contributed by atoms with Gasteiger partial charge in [0.2, 0.25) is 0 Å². The first-order valence-corrected chi connectivity index (χ1v) is 9.98. The zero-order valence-corrected chi connectivity index (χ0v) is 16.5. The van der Waals surface area contributed by atoms with Crippen LogP contribution in [0.1, 0.15) is 12.8 Å². The third-order valence-electron chi connectivity index (χ3n) is 5.38. The topological polar surface area (TPSA) is 67.2 Å². The summed E-state index contributed by atoms with van der Waals surface area (Å²) in [7, 11) is 0. The Morgan fingerprint density at radius 1 is 1.12 bits per heavy atom. The highest BCUT2D eigenvalue weighted by atomic mass is 127. The van der Waals surface area contributed by atoms with Crippen molar-refractivity contribution in [3.8, 4) is 0 Å². The minimum absolute atomic E-state index is 0.144. The maximum Gasteiger partial charge on any atom is 0.407 e. The minimum Gasteiger partial charge on any atom is -0.465 e. The van der Waals surface area contributed by atoms with E-state index in [-0.39, 0.29) is 12.6 Å². The van der Waals surface area contributed by atoms with Crippen LogP contribution in [-0.2, 0) is 0 Å². The Morgan fingerprint density at radius 2 is 1.80 bits per heavy atom. The number of piperidine rings is 1. The van der Waals surface area contributed by atoms with Gasteiger partial charge in [-0.1, -0.05) is 0 Å². The van der Waals surface area contributed by atoms with E-state index in [9.17, 15) is 9.90 Å². The molecule has 0 aromatic heterocycles. The number of aliphatic hydroxyl groups excluding tert-OH is 1. The molecule has 0 saturated carbocycles. The normalized spacial score (nSPS) is 23.0. The zero-order chi connectivity index (χ0) is 17.8. The summed E-state index contributed by atoms with van der Waals surface area (Å²) in [6, 6.07) is 8.67. The highest BCUT2D eigenvalue weighted by Gasteiger charge is 2.30. The molecule has 3 rings (SSSR count). The molecule has 2 aliphatic heterocycles. The lowest BCUT2D eigenvalue weighted by molar-refractivity contribution is 0.0747. The predicted molar refractivity (Wildman–Crippen MR) is 106 cm³/mol. The van der Waals surface area contributed by atoms with Gasteiger partial charge < -0.3 is 20.0 Å². The second-order valence-corrected chi connectivity index (χ2v) is 8.21. The van der Waals surface area contributed by atoms with Crippen LogP contribution in [0.5, 0.6) is 0 Å². The number of amides is 1. The molecule has 0 unspecified atom stereocenters. The average Bonchev–Trinajstić information content (AvgIpc) is 2.63. The number of carbonyl (C=O) groups is 1. The molecule has 2 saturated heterocycles. The van der Waals surface area contributed by atoms with Crippen molar-refractivity contribution >= 4 is 34.4 Å². The second kappa shape index (κ2) is 8.55. The molecule has 0 bridgehead atoms. The van der Waals surface area contributed by atoms with Crippen LogP contribution >= 0.6 is 22.6 Å². The van der Waals surface area contributed by atoms with Gasteiger partial charge in [-0.05, 0) is 65.6 Å². The fourth-order valence-electron chi connectivity index (χ4n) is 3.83. The van der Waals surface area contributed by atoms with E-state index in [0.717, 1.165) is 39.0 Å². The van der Waals surface area contributed by atoms with Crippen LogP contribution in [0.15, 0.2) is 24.3 Å². The van der Waals surface area contributed by atoms with E-state index in [4.69, 9.17) is 5.11 Å². The predicted octanol–water partition coefficient (Wildman–Crippen LogP) is 2.16. The molecule has 1 aromatic rings. The maximum absolute atomic E-state index is 11.0. The minimum atomic E-state index is -0.808. The third kappa shape index (κ3) is 4.77. The lowest BCUT2D eigenvalue weighted by Crippen LogP contribution is -2.56. The second-order valence-electron chi connectivity index (χ2n) is 6.97. The fourth-order valence-corrected chi connectivity index (χ4v) is 4.19. The summed E-state index contributed by atoms with van der Waals surface area (Å²) in [5, 5.41) is 18.9. The fraction of sp³-hybridized carbons (Fsp3) is 0.611. The van der Waals surface area contributed by atoms with Crippen molar-refractivity contribution in [2.75, 3.05) is 50.8 Å². The van der Waals surface area contributed by atoms with Crippen LogP contribution in [-0.4, -0.2) is 78.0 Å². The number of benzene rings is 1. The average molecular weight is 459 g/mol. The molecular weight excluding hydrogens is 433 g/mol. The van der Waals surface area contributed by atoms with Crippen LogP contribution in [0.2, 0.25) is 0 Å². The molecule has 0 aliphatic carbocycles. The van der Waals surface area contributed by atoms with Crippen molar-refractivity contribution in [3.63, 3.8) is 0 Å². The van der Waals surface area contributed by atoms with Crippen molar-refractivity contribution in [1.82, 2.24) is 9.80 Å². The van der Waals surface area contributed by atoms with E-state index in [2.05, 4.69) is 56.7 Å². The quantitative estimate of drug-likeness (QED) is 0.676. The van der Waals surface area contributed by atoms with Crippen LogP contribution in [0.3, 0.4) is 0 Å². The van der Waals surface area contributed by atoms with Gasteiger partial charge in [-0.3, -0.25) is 4.90 Å². The van der Waals surface area contributed by atoms with Gasteiger partial charge >= 0.3 is 6.09 Å². The number of likely N-dealkylation sites (tertiary alicyclic amines) is 1. The lowest BCUT2D eigenvalue weighted by Gasteiger charge is -2.44. The summed E-state index contributed by atoms with van der Waals surface area (Å²) in [5.41, 5.74) is 1.22. The van der Waals surface area contributed by atoms with E-state index < -0.39 is 6.09 Å². The number of anilines is 1. The molecule has 0 spiro atoms. The number of halogens is 1. The van der Waals surface area contributed by atoms with Crippen molar-refractivity contribution in [3.05, 3.63) is 27.8 Å². The van der Waals surface area contributed by atoms with Crippen molar-refractivity contribution < 1.29 is 15.0 Å². The first-order valence-electron chi connectivity index (χ1n) is 8.90. The van der Waals surface area contributed by atoms with Gasteiger partial charge in [-0.2, -0.15) is 0 Å². The number of piperazine rings is 1. The molecule has 1 amide bonds. The van der Waals surface area contributed by atoms with E-state index >= 15 is 0 Å². The van der Waals surface area contributed by atoms with Crippen molar-refractivity contribution in [2.45, 2.75) is 18.9 Å². The number of hydrogen-bond donors (Lipinski definition) is 2. The molecule has 1 aromatic carbocycles. The molecule has 1 atom stereocenters. The molecule has 2 aliphatic rings. The molecular formula is C18H26IN3O3. The first kappa shape index (κ1) is 18.7. The van der Waals surface area contributed by atoms with Gasteiger partial charge in [0.05, 0.1) is 12.6 Å². The van der Waals surface area contributed by atoms with Crippen LogP contribution < -0.4 is 4.90 Å². The Balaban J connectivity index is 1.54. The molecule has 2 N–H and O–H groups in total. The number of nitrogens with zero attached hydrogens (tertiary/aromatic N) is 3. The van der Waals surface area contributed by atoms with Gasteiger partial charge in [0.1, 0.15) is 0 Å². The van der Waals surface area contributed by atoms with Gasteiger partial charge in [0.25, 0.3) is 0 Å². The zero-order valence-electron chi connectivity index (χ0n) is 14.4. The summed E-state index contributed by atoms with van der Waals surface area (Å²) in [5.74, 6) is 0.523. The Morgan fingerprint density at radius 3 is 2.40 bits per heavy atom. The molecule has 6 nitrogen and oxygen atoms in total. The highest BCUT2D eigenvalue weighted by Crippen LogP contribution is 2.24. The number of hydrogen-bond acceptors (Lipinski definition) is 4. The van der Waals surface area contributed by atoms with Gasteiger partial charge in [0, 0.05) is 48.5 Å². The van der Waals surface area contributed by atoms with E-state index in [0.29, 0.717) is 19.0 Å². The monoisotopic (exact) mass is 459 g/mol. The molecule has 7 heteroatoms. The SMILES string of the molecule is O=C(O)N1CCC(CN2CCN(c3ccc(I)cc3)C[C@H]2CO)CC1. The number of aliphatic hydroxyl groups is 1. The Hall–Kier alpha value is -1.06. The molecule has 0 radical (unpaired) electrons. The van der Waals surface area contributed by atoms with E-state index in [1.807, 2.05) is 0 Å². The number of rotatable bonds is 4. The maximum atomic E-state index is 11.0. The van der Waals surface area contributed by atoms with Crippen molar-refractivity contribution in [1.29, 1.82) is 0 Å². The molecule has 25 heavy (non-hydrogen) atoms. The van der Waals surface area contributed by atoms with Crippen LogP contribution in [0, 0.1) is 9.49 Å². The number of carboxylic acid groups (broad SMARTS) is 1. The highest BCUT2D eigenvalue weighted by molar-refractivity contribution is 14.1. The van der Waals surface area contributed by atoms with Crippen molar-refractivity contribution in [2.24, 2.45) is 5.92 Å². The Kier molecular flexibility index (Phi) is 6.40. The van der Waals surface area contributed by atoms with E-state index in [1.165, 1.54) is 14.2 Å². The van der Waals surface area contributed by atoms with Crippen LogP contribution in [0.4, 0.5) is 10.5 Å². The standard InChI is InChI=1S/C18H26IN3O3/c19-15-1-3-16(4-2-15)22-10-9-21(17(12-22)13-23)11-14-5-7-20(8-6-14)18(24)25/h1-4,14,17,23H,5-13H2,(H,24,25)/t17-/m0/s1. The summed E-state index contributed by atoms with van der Waals surface area (Å²) >= 11 is 2.31. The van der Waals surface area contributed by atoms with Gasteiger partial charge in [-0.25, -0.2) is 4.79 Å². The largest absolute Gasteiger partial charge is 0.465 e. The molecule has 138 valence electrons. The molecule has 2 heterocycles. The third-order valence-corrected chi connectivity index (χ3v) is 6.10. The Bertz CT molecular complexity index is 575. The smallest absolute Gasteiger partial charge is 0.407 e. The summed E-state index contributed by atoms with van der Waals surface area (Å²) in [4.78, 5) is 17.3.